The fourth-order valence-electron chi connectivity index (χ4n) is 2.01. The van der Waals surface area contributed by atoms with Gasteiger partial charge < -0.3 is 19.5 Å². The highest BCUT2D eigenvalue weighted by Crippen LogP contribution is 2.38. The Bertz CT molecular complexity index is 664. The van der Waals surface area contributed by atoms with Crippen molar-refractivity contribution in [3.63, 3.8) is 0 Å². The van der Waals surface area contributed by atoms with Gasteiger partial charge in [0.05, 0.1) is 23.8 Å². The lowest BCUT2D eigenvalue weighted by Gasteiger charge is -2.11. The highest BCUT2D eigenvalue weighted by Gasteiger charge is 2.20. The Kier molecular flexibility index (Phi) is 6.88. The predicted octanol–water partition coefficient (Wildman–Crippen LogP) is 1.89. The van der Waals surface area contributed by atoms with Crippen molar-refractivity contribution in [2.24, 2.45) is 0 Å². The van der Waals surface area contributed by atoms with Gasteiger partial charge in [0.25, 0.3) is 5.91 Å². The lowest BCUT2D eigenvalue weighted by molar-refractivity contribution is -0.123. The molecule has 1 aliphatic heterocycles. The molecule has 2 rings (SSSR count). The number of hydrogen-bond acceptors (Lipinski definition) is 6. The molecule has 0 saturated heterocycles. The van der Waals surface area contributed by atoms with Gasteiger partial charge in [0.2, 0.25) is 0 Å². The summed E-state index contributed by atoms with van der Waals surface area (Å²) in [4.78, 5) is 35.0. The molecule has 9 heteroatoms. The molecule has 0 saturated carbocycles. The summed E-state index contributed by atoms with van der Waals surface area (Å²) in [6, 6.07) is 2.19. The number of hydrogen-bond donors (Lipinski definition) is 2. The number of benzene rings is 1. The normalized spacial score (nSPS) is 12.7. The Balaban J connectivity index is 1.92. The zero-order chi connectivity index (χ0) is 18.2. The van der Waals surface area contributed by atoms with E-state index < -0.39 is 24.5 Å². The molecule has 25 heavy (non-hydrogen) atoms. The smallest absolute Gasteiger partial charge is 0.338 e. The minimum atomic E-state index is -0.762. The number of esters is 1. The van der Waals surface area contributed by atoms with Gasteiger partial charge >= 0.3 is 12.0 Å². The Morgan fingerprint density at radius 1 is 1.24 bits per heavy atom. The topological polar surface area (TPSA) is 103 Å². The van der Waals surface area contributed by atoms with Gasteiger partial charge in [0.1, 0.15) is 0 Å². The molecule has 0 unspecified atom stereocenters. The first-order valence-corrected chi connectivity index (χ1v) is 8.23. The van der Waals surface area contributed by atoms with E-state index in [1.54, 1.807) is 0 Å². The largest absolute Gasteiger partial charge is 0.489 e. The van der Waals surface area contributed by atoms with Crippen LogP contribution in [0.2, 0.25) is 5.02 Å². The van der Waals surface area contributed by atoms with Gasteiger partial charge in [-0.2, -0.15) is 0 Å². The molecule has 0 aromatic heterocycles. The van der Waals surface area contributed by atoms with Crippen LogP contribution in [0.4, 0.5) is 4.79 Å². The van der Waals surface area contributed by atoms with Gasteiger partial charge in [-0.1, -0.05) is 18.5 Å². The SMILES string of the molecule is CCCNC(=O)NC(=O)COC(=O)c1cc(Cl)c2c(c1)OCCCO2. The highest BCUT2D eigenvalue weighted by atomic mass is 35.5. The van der Waals surface area contributed by atoms with Crippen LogP contribution in [-0.2, 0) is 9.53 Å². The molecule has 0 radical (unpaired) electrons. The van der Waals surface area contributed by atoms with E-state index in [1.807, 2.05) is 6.92 Å². The summed E-state index contributed by atoms with van der Waals surface area (Å²) in [6.07, 6.45) is 1.44. The zero-order valence-corrected chi connectivity index (χ0v) is 14.5. The molecule has 0 fully saturated rings. The fraction of sp³-hybridized carbons (Fsp3) is 0.438. The molecule has 1 aliphatic rings. The summed E-state index contributed by atoms with van der Waals surface area (Å²) in [7, 11) is 0. The maximum Gasteiger partial charge on any atom is 0.338 e. The maximum absolute atomic E-state index is 12.1. The minimum absolute atomic E-state index is 0.123. The van der Waals surface area contributed by atoms with Crippen LogP contribution in [0.25, 0.3) is 0 Å². The molecule has 1 aromatic carbocycles. The number of nitrogens with one attached hydrogen (secondary N) is 2. The van der Waals surface area contributed by atoms with Crippen LogP contribution in [0.15, 0.2) is 12.1 Å². The van der Waals surface area contributed by atoms with Crippen molar-refractivity contribution >= 4 is 29.5 Å². The van der Waals surface area contributed by atoms with E-state index in [2.05, 4.69) is 10.6 Å². The molecule has 1 aromatic rings. The minimum Gasteiger partial charge on any atom is -0.489 e. The van der Waals surface area contributed by atoms with Crippen LogP contribution in [0.3, 0.4) is 0 Å². The van der Waals surface area contributed by atoms with E-state index in [0.717, 1.165) is 6.42 Å². The van der Waals surface area contributed by atoms with E-state index in [-0.39, 0.29) is 10.6 Å². The fourth-order valence-corrected chi connectivity index (χ4v) is 2.27. The van der Waals surface area contributed by atoms with Crippen molar-refractivity contribution in [3.8, 4) is 11.5 Å². The van der Waals surface area contributed by atoms with E-state index in [1.165, 1.54) is 12.1 Å². The predicted molar refractivity (Wildman–Crippen MR) is 89.2 cm³/mol. The number of imide groups is 1. The van der Waals surface area contributed by atoms with Crippen LogP contribution in [0.1, 0.15) is 30.1 Å². The summed E-state index contributed by atoms with van der Waals surface area (Å²) in [5.74, 6) is -0.773. The molecule has 2 N–H and O–H groups in total. The lowest BCUT2D eigenvalue weighted by Crippen LogP contribution is -2.41. The monoisotopic (exact) mass is 370 g/mol. The number of rotatable bonds is 5. The summed E-state index contributed by atoms with van der Waals surface area (Å²) in [5.41, 5.74) is 0.123. The molecule has 1 heterocycles. The standard InChI is InChI=1S/C16H19ClN2O6/c1-2-4-18-16(22)19-13(20)9-25-15(21)10-7-11(17)14-12(8-10)23-5-3-6-24-14/h7-8H,2-6,9H2,1H3,(H2,18,19,20,22). The zero-order valence-electron chi connectivity index (χ0n) is 13.7. The van der Waals surface area contributed by atoms with Crippen LogP contribution in [-0.4, -0.2) is 44.3 Å². The molecular weight excluding hydrogens is 352 g/mol. The second-order valence-corrected chi connectivity index (χ2v) is 5.62. The molecule has 136 valence electrons. The van der Waals surface area contributed by atoms with E-state index in [9.17, 15) is 14.4 Å². The second kappa shape index (κ2) is 9.12. The number of urea groups is 1. The van der Waals surface area contributed by atoms with E-state index in [0.29, 0.717) is 37.7 Å². The first kappa shape index (κ1) is 18.9. The van der Waals surface area contributed by atoms with Crippen molar-refractivity contribution < 1.29 is 28.6 Å². The third-order valence-corrected chi connectivity index (χ3v) is 3.44. The number of ether oxygens (including phenoxy) is 3. The van der Waals surface area contributed by atoms with Gasteiger partial charge in [-0.15, -0.1) is 0 Å². The van der Waals surface area contributed by atoms with E-state index >= 15 is 0 Å². The van der Waals surface area contributed by atoms with Crippen molar-refractivity contribution in [2.75, 3.05) is 26.4 Å². The van der Waals surface area contributed by atoms with Crippen molar-refractivity contribution in [3.05, 3.63) is 22.7 Å². The van der Waals surface area contributed by atoms with E-state index in [4.69, 9.17) is 25.8 Å². The Morgan fingerprint density at radius 2 is 2.00 bits per heavy atom. The van der Waals surface area contributed by atoms with Crippen LogP contribution in [0.5, 0.6) is 11.5 Å². The third-order valence-electron chi connectivity index (χ3n) is 3.16. The number of carbonyl (C=O) groups excluding carboxylic acids is 3. The highest BCUT2D eigenvalue weighted by molar-refractivity contribution is 6.32. The molecule has 0 atom stereocenters. The van der Waals surface area contributed by atoms with Gasteiger partial charge in [-0.3, -0.25) is 10.1 Å². The van der Waals surface area contributed by atoms with Crippen LogP contribution in [0, 0.1) is 0 Å². The summed E-state index contributed by atoms with van der Waals surface area (Å²) in [6.45, 7) is 2.64. The summed E-state index contributed by atoms with van der Waals surface area (Å²) < 4.78 is 15.8. The van der Waals surface area contributed by atoms with Gasteiger partial charge in [-0.25, -0.2) is 9.59 Å². The first-order valence-electron chi connectivity index (χ1n) is 7.85. The second-order valence-electron chi connectivity index (χ2n) is 5.22. The number of amides is 3. The lowest BCUT2D eigenvalue weighted by atomic mass is 10.2. The Morgan fingerprint density at radius 3 is 2.76 bits per heavy atom. The van der Waals surface area contributed by atoms with Crippen LogP contribution < -0.4 is 20.1 Å². The molecular formula is C16H19ClN2O6. The quantitative estimate of drug-likeness (QED) is 0.767. The molecule has 0 bridgehead atoms. The van der Waals surface area contributed by atoms with Crippen molar-refractivity contribution in [1.82, 2.24) is 10.6 Å². The van der Waals surface area contributed by atoms with Crippen LogP contribution >= 0.6 is 11.6 Å². The molecule has 8 nitrogen and oxygen atoms in total. The van der Waals surface area contributed by atoms with Crippen molar-refractivity contribution in [1.29, 1.82) is 0 Å². The average molecular weight is 371 g/mol. The van der Waals surface area contributed by atoms with Gasteiger partial charge in [0.15, 0.2) is 18.1 Å². The maximum atomic E-state index is 12.1. The summed E-state index contributed by atoms with van der Waals surface area (Å²) in [5, 5.41) is 4.74. The van der Waals surface area contributed by atoms with Gasteiger partial charge in [-0.05, 0) is 18.6 Å². The first-order chi connectivity index (χ1) is 12.0. The molecule has 0 aliphatic carbocycles. The third kappa shape index (κ3) is 5.53. The summed E-state index contributed by atoms with van der Waals surface area (Å²) >= 11 is 6.10. The number of fused-ring (bicyclic) bond motifs is 1. The number of halogens is 1. The van der Waals surface area contributed by atoms with Crippen molar-refractivity contribution in [2.45, 2.75) is 19.8 Å². The Labute approximate surface area is 149 Å². The number of carbonyl (C=O) groups is 3. The Hall–Kier alpha value is -2.48. The molecule has 3 amide bonds. The average Bonchev–Trinajstić information content (AvgIpc) is 2.83. The molecule has 0 spiro atoms. The van der Waals surface area contributed by atoms with Gasteiger partial charge in [0, 0.05) is 13.0 Å².